The second-order valence-corrected chi connectivity index (χ2v) is 7.88. The van der Waals surface area contributed by atoms with Crippen molar-refractivity contribution in [3.8, 4) is 0 Å². The summed E-state index contributed by atoms with van der Waals surface area (Å²) in [6.07, 6.45) is 2.95. The molecule has 0 radical (unpaired) electrons. The Labute approximate surface area is 131 Å². The summed E-state index contributed by atoms with van der Waals surface area (Å²) in [6, 6.07) is 6.73. The highest BCUT2D eigenvalue weighted by atomic mass is 32.2. The normalized spacial score (nSPS) is 23.6. The number of sulfonamides is 1. The van der Waals surface area contributed by atoms with Crippen molar-refractivity contribution >= 4 is 21.6 Å². The van der Waals surface area contributed by atoms with E-state index in [0.29, 0.717) is 24.5 Å². The SMILES string of the molecule is CC1CN(c2ccc(S(=O)(=O)N3CCCCC3)cc2)NC1=O. The molecule has 1 amide bonds. The molecule has 22 heavy (non-hydrogen) atoms. The van der Waals surface area contributed by atoms with Gasteiger partial charge in [0, 0.05) is 13.1 Å². The van der Waals surface area contributed by atoms with Gasteiger partial charge in [0.05, 0.1) is 23.0 Å². The number of hydrogen-bond donors (Lipinski definition) is 1. The van der Waals surface area contributed by atoms with Crippen LogP contribution in [0.2, 0.25) is 0 Å². The van der Waals surface area contributed by atoms with Crippen molar-refractivity contribution in [2.45, 2.75) is 31.1 Å². The fourth-order valence-electron chi connectivity index (χ4n) is 2.87. The molecule has 2 saturated heterocycles. The quantitative estimate of drug-likeness (QED) is 0.911. The van der Waals surface area contributed by atoms with Crippen LogP contribution in [0.4, 0.5) is 5.69 Å². The van der Waals surface area contributed by atoms with E-state index in [1.165, 1.54) is 0 Å². The Morgan fingerprint density at radius 1 is 1.09 bits per heavy atom. The zero-order valence-electron chi connectivity index (χ0n) is 12.7. The number of carbonyl (C=O) groups excluding carboxylic acids is 1. The van der Waals surface area contributed by atoms with Gasteiger partial charge in [0.2, 0.25) is 15.9 Å². The number of hydrogen-bond acceptors (Lipinski definition) is 4. The van der Waals surface area contributed by atoms with Gasteiger partial charge in [0.15, 0.2) is 0 Å². The molecule has 1 unspecified atom stereocenters. The molecule has 0 spiro atoms. The van der Waals surface area contributed by atoms with Crippen molar-refractivity contribution in [3.63, 3.8) is 0 Å². The molecule has 7 heteroatoms. The average Bonchev–Trinajstić information content (AvgIpc) is 2.88. The first kappa shape index (κ1) is 15.3. The van der Waals surface area contributed by atoms with Crippen LogP contribution < -0.4 is 10.4 Å². The van der Waals surface area contributed by atoms with E-state index in [2.05, 4.69) is 5.43 Å². The standard InChI is InChI=1S/C15H21N3O3S/c1-12-11-18(16-15(12)19)13-5-7-14(8-6-13)22(20,21)17-9-3-2-4-10-17/h5-8,12H,2-4,9-11H2,1H3,(H,16,19). The lowest BCUT2D eigenvalue weighted by Crippen LogP contribution is -2.35. The van der Waals surface area contributed by atoms with Crippen LogP contribution in [0.5, 0.6) is 0 Å². The molecule has 0 bridgehead atoms. The third kappa shape index (κ3) is 2.83. The predicted molar refractivity (Wildman–Crippen MR) is 83.7 cm³/mol. The summed E-state index contributed by atoms with van der Waals surface area (Å²) in [7, 11) is -3.40. The van der Waals surface area contributed by atoms with Gasteiger partial charge in [0.1, 0.15) is 0 Å². The fourth-order valence-corrected chi connectivity index (χ4v) is 4.39. The molecular weight excluding hydrogens is 302 g/mol. The van der Waals surface area contributed by atoms with E-state index in [1.54, 1.807) is 33.6 Å². The first-order valence-electron chi connectivity index (χ1n) is 7.67. The second kappa shape index (κ2) is 5.89. The second-order valence-electron chi connectivity index (χ2n) is 5.95. The molecule has 1 aromatic rings. The molecule has 0 saturated carbocycles. The number of hydrazine groups is 1. The number of amides is 1. The molecule has 1 N–H and O–H groups in total. The van der Waals surface area contributed by atoms with Gasteiger partial charge in [-0.2, -0.15) is 4.31 Å². The minimum Gasteiger partial charge on any atom is -0.285 e. The number of benzene rings is 1. The van der Waals surface area contributed by atoms with Crippen LogP contribution >= 0.6 is 0 Å². The van der Waals surface area contributed by atoms with Crippen molar-refractivity contribution in [1.82, 2.24) is 9.73 Å². The van der Waals surface area contributed by atoms with Crippen LogP contribution in [-0.2, 0) is 14.8 Å². The van der Waals surface area contributed by atoms with E-state index in [0.717, 1.165) is 24.9 Å². The smallest absolute Gasteiger partial charge is 0.243 e. The molecule has 6 nitrogen and oxygen atoms in total. The largest absolute Gasteiger partial charge is 0.285 e. The van der Waals surface area contributed by atoms with Gasteiger partial charge in [-0.05, 0) is 37.1 Å². The molecule has 0 aliphatic carbocycles. The van der Waals surface area contributed by atoms with Gasteiger partial charge < -0.3 is 0 Å². The maximum atomic E-state index is 12.6. The van der Waals surface area contributed by atoms with Gasteiger partial charge in [-0.3, -0.25) is 15.2 Å². The Kier molecular flexibility index (Phi) is 4.10. The summed E-state index contributed by atoms with van der Waals surface area (Å²) in [6.45, 7) is 3.66. The molecule has 1 aromatic carbocycles. The van der Waals surface area contributed by atoms with Crippen LogP contribution in [0.1, 0.15) is 26.2 Å². The van der Waals surface area contributed by atoms with Crippen molar-refractivity contribution in [2.75, 3.05) is 24.6 Å². The summed E-state index contributed by atoms with van der Waals surface area (Å²) in [5.74, 6) is -0.0678. The maximum Gasteiger partial charge on any atom is 0.243 e. The average molecular weight is 323 g/mol. The number of nitrogens with one attached hydrogen (secondary N) is 1. The highest BCUT2D eigenvalue weighted by Crippen LogP contribution is 2.24. The number of rotatable bonds is 3. The van der Waals surface area contributed by atoms with E-state index >= 15 is 0 Å². The van der Waals surface area contributed by atoms with Crippen LogP contribution in [0, 0.1) is 5.92 Å². The highest BCUT2D eigenvalue weighted by Gasteiger charge is 2.28. The van der Waals surface area contributed by atoms with Gasteiger partial charge in [0.25, 0.3) is 0 Å². The topological polar surface area (TPSA) is 69.7 Å². The van der Waals surface area contributed by atoms with E-state index in [4.69, 9.17) is 0 Å². The van der Waals surface area contributed by atoms with Crippen LogP contribution in [0.15, 0.2) is 29.2 Å². The first-order chi connectivity index (χ1) is 10.5. The monoisotopic (exact) mass is 323 g/mol. The van der Waals surface area contributed by atoms with Crippen molar-refractivity contribution in [1.29, 1.82) is 0 Å². The van der Waals surface area contributed by atoms with E-state index in [9.17, 15) is 13.2 Å². The van der Waals surface area contributed by atoms with Crippen LogP contribution in [0.3, 0.4) is 0 Å². The third-order valence-electron chi connectivity index (χ3n) is 4.25. The molecule has 2 aliphatic heterocycles. The Morgan fingerprint density at radius 2 is 1.73 bits per heavy atom. The molecule has 1 atom stereocenters. The van der Waals surface area contributed by atoms with E-state index in [-0.39, 0.29) is 11.8 Å². The van der Waals surface area contributed by atoms with Crippen LogP contribution in [-0.4, -0.2) is 38.3 Å². The van der Waals surface area contributed by atoms with Crippen molar-refractivity contribution in [3.05, 3.63) is 24.3 Å². The number of piperidine rings is 1. The fraction of sp³-hybridized carbons (Fsp3) is 0.533. The predicted octanol–water partition coefficient (Wildman–Crippen LogP) is 1.35. The van der Waals surface area contributed by atoms with Crippen molar-refractivity contribution in [2.24, 2.45) is 5.92 Å². The summed E-state index contributed by atoms with van der Waals surface area (Å²) < 4.78 is 26.7. The lowest BCUT2D eigenvalue weighted by atomic mass is 10.2. The zero-order chi connectivity index (χ0) is 15.7. The summed E-state index contributed by atoms with van der Waals surface area (Å²) in [5, 5.41) is 1.75. The minimum absolute atomic E-state index is 0.00925. The van der Waals surface area contributed by atoms with E-state index in [1.807, 2.05) is 6.92 Å². The lowest BCUT2D eigenvalue weighted by Gasteiger charge is -2.26. The molecule has 2 fully saturated rings. The maximum absolute atomic E-state index is 12.6. The number of anilines is 1. The lowest BCUT2D eigenvalue weighted by molar-refractivity contribution is -0.121. The van der Waals surface area contributed by atoms with E-state index < -0.39 is 10.0 Å². The van der Waals surface area contributed by atoms with Gasteiger partial charge in [-0.15, -0.1) is 0 Å². The Balaban J connectivity index is 1.78. The summed E-state index contributed by atoms with van der Waals surface area (Å²) >= 11 is 0. The molecule has 2 heterocycles. The molecule has 3 rings (SSSR count). The number of carbonyl (C=O) groups is 1. The molecular formula is C15H21N3O3S. The summed E-state index contributed by atoms with van der Waals surface area (Å²) in [4.78, 5) is 11.9. The van der Waals surface area contributed by atoms with Gasteiger partial charge >= 0.3 is 0 Å². The van der Waals surface area contributed by atoms with Crippen molar-refractivity contribution < 1.29 is 13.2 Å². The third-order valence-corrected chi connectivity index (χ3v) is 6.16. The number of nitrogens with zero attached hydrogens (tertiary/aromatic N) is 2. The molecule has 120 valence electrons. The Hall–Kier alpha value is -1.60. The van der Waals surface area contributed by atoms with Gasteiger partial charge in [-0.25, -0.2) is 8.42 Å². The summed E-state index contributed by atoms with van der Waals surface area (Å²) in [5.41, 5.74) is 3.58. The minimum atomic E-state index is -3.40. The first-order valence-corrected chi connectivity index (χ1v) is 9.11. The van der Waals surface area contributed by atoms with Crippen LogP contribution in [0.25, 0.3) is 0 Å². The Morgan fingerprint density at radius 3 is 2.27 bits per heavy atom. The Bertz CT molecular complexity index is 651. The molecule has 2 aliphatic rings. The van der Waals surface area contributed by atoms with Gasteiger partial charge in [-0.1, -0.05) is 13.3 Å². The highest BCUT2D eigenvalue weighted by molar-refractivity contribution is 7.89. The molecule has 0 aromatic heterocycles. The zero-order valence-corrected chi connectivity index (χ0v) is 13.5.